The van der Waals surface area contributed by atoms with Crippen molar-refractivity contribution in [1.29, 1.82) is 0 Å². The quantitative estimate of drug-likeness (QED) is 0.297. The lowest BCUT2D eigenvalue weighted by Gasteiger charge is -2.27. The summed E-state index contributed by atoms with van der Waals surface area (Å²) >= 11 is 3.25. The predicted octanol–water partition coefficient (Wildman–Crippen LogP) is -2.48. The van der Waals surface area contributed by atoms with Gasteiger partial charge in [-0.25, -0.2) is 9.97 Å². The number of amides is 1. The molecule has 2 aliphatic rings. The molecule has 5 N–H and O–H groups in total. The third-order valence-electron chi connectivity index (χ3n) is 5.12. The normalized spacial score (nSPS) is 27.6. The Hall–Kier alpha value is -1.90. The molecule has 4 heterocycles. The average molecular weight is 472 g/mol. The van der Waals surface area contributed by atoms with E-state index in [0.717, 1.165) is 13.1 Å². The summed E-state index contributed by atoms with van der Waals surface area (Å²) in [5.41, 5.74) is -0.112. The minimum atomic E-state index is -1.26. The van der Waals surface area contributed by atoms with Gasteiger partial charge in [0.25, 0.3) is 5.56 Å². The van der Waals surface area contributed by atoms with Crippen LogP contribution in [0.5, 0.6) is 0 Å². The number of carbonyl (C=O) groups is 1. The van der Waals surface area contributed by atoms with Crippen LogP contribution < -0.4 is 16.2 Å². The number of rotatable bonds is 5. The van der Waals surface area contributed by atoms with Gasteiger partial charge in [0.2, 0.25) is 5.91 Å². The van der Waals surface area contributed by atoms with Crippen LogP contribution in [0.25, 0.3) is 11.2 Å². The zero-order valence-electron chi connectivity index (χ0n) is 15.4. The Morgan fingerprint density at radius 3 is 2.86 bits per heavy atom. The summed E-state index contributed by atoms with van der Waals surface area (Å²) in [6, 6.07) is 0. The molecule has 2 saturated heterocycles. The molecule has 12 nitrogen and oxygen atoms in total. The SMILES string of the molecule is O=C(CNC[C@H]1O[C@@H](n2c(Br)nc3c(=O)[nH]cnc32)[C@H](O)[C@@H]1O)N1CCNCC1. The molecule has 0 saturated carbocycles. The molecule has 4 rings (SSSR count). The number of aromatic amines is 1. The molecular weight excluding hydrogens is 450 g/mol. The van der Waals surface area contributed by atoms with Crippen molar-refractivity contribution in [2.45, 2.75) is 24.5 Å². The fraction of sp³-hybridized carbons (Fsp3) is 0.625. The molecule has 2 aromatic heterocycles. The second kappa shape index (κ2) is 8.45. The maximum Gasteiger partial charge on any atom is 0.278 e. The Kier molecular flexibility index (Phi) is 5.94. The van der Waals surface area contributed by atoms with E-state index < -0.39 is 30.1 Å². The van der Waals surface area contributed by atoms with Crippen LogP contribution in [-0.4, -0.2) is 98.1 Å². The first-order chi connectivity index (χ1) is 14.0. The molecule has 4 atom stereocenters. The Labute approximate surface area is 173 Å². The number of hydrogen-bond donors (Lipinski definition) is 5. The van der Waals surface area contributed by atoms with Crippen LogP contribution in [0.15, 0.2) is 15.9 Å². The zero-order chi connectivity index (χ0) is 20.5. The largest absolute Gasteiger partial charge is 0.387 e. The number of hydrogen-bond acceptors (Lipinski definition) is 9. The highest BCUT2D eigenvalue weighted by molar-refractivity contribution is 9.10. The van der Waals surface area contributed by atoms with Crippen molar-refractivity contribution in [3.63, 3.8) is 0 Å². The summed E-state index contributed by atoms with van der Waals surface area (Å²) in [5, 5.41) is 27.1. The minimum Gasteiger partial charge on any atom is -0.387 e. The smallest absolute Gasteiger partial charge is 0.278 e. The summed E-state index contributed by atoms with van der Waals surface area (Å²) in [5.74, 6) is -0.0251. The van der Waals surface area contributed by atoms with E-state index in [1.807, 2.05) is 0 Å². The monoisotopic (exact) mass is 471 g/mol. The Morgan fingerprint density at radius 2 is 2.10 bits per heavy atom. The average Bonchev–Trinajstić information content (AvgIpc) is 3.20. The van der Waals surface area contributed by atoms with Crippen molar-refractivity contribution in [3.8, 4) is 0 Å². The van der Waals surface area contributed by atoms with Crippen molar-refractivity contribution >= 4 is 33.0 Å². The van der Waals surface area contributed by atoms with Crippen LogP contribution in [0.2, 0.25) is 0 Å². The minimum absolute atomic E-state index is 0.0251. The molecule has 13 heteroatoms. The highest BCUT2D eigenvalue weighted by atomic mass is 79.9. The summed E-state index contributed by atoms with van der Waals surface area (Å²) in [7, 11) is 0. The summed E-state index contributed by atoms with van der Waals surface area (Å²) < 4.78 is 7.50. The van der Waals surface area contributed by atoms with E-state index >= 15 is 0 Å². The van der Waals surface area contributed by atoms with Gasteiger partial charge in [-0.1, -0.05) is 0 Å². The molecule has 158 valence electrons. The third kappa shape index (κ3) is 3.93. The van der Waals surface area contributed by atoms with E-state index in [0.29, 0.717) is 13.1 Å². The fourth-order valence-corrected chi connectivity index (χ4v) is 4.12. The molecule has 2 aromatic rings. The number of fused-ring (bicyclic) bond motifs is 1. The van der Waals surface area contributed by atoms with E-state index in [1.54, 1.807) is 4.90 Å². The van der Waals surface area contributed by atoms with Gasteiger partial charge in [0, 0.05) is 32.7 Å². The molecule has 29 heavy (non-hydrogen) atoms. The van der Waals surface area contributed by atoms with Crippen LogP contribution in [0, 0.1) is 0 Å². The predicted molar refractivity (Wildman–Crippen MR) is 104 cm³/mol. The van der Waals surface area contributed by atoms with Gasteiger partial charge in [0.15, 0.2) is 22.1 Å². The fourth-order valence-electron chi connectivity index (χ4n) is 3.58. The molecule has 0 aromatic carbocycles. The van der Waals surface area contributed by atoms with Gasteiger partial charge in [-0.2, -0.15) is 0 Å². The van der Waals surface area contributed by atoms with Crippen LogP contribution >= 0.6 is 15.9 Å². The number of H-pyrrole nitrogens is 1. The van der Waals surface area contributed by atoms with Crippen molar-refractivity contribution < 1.29 is 19.7 Å². The van der Waals surface area contributed by atoms with Crippen LogP contribution in [-0.2, 0) is 9.53 Å². The Morgan fingerprint density at radius 1 is 1.34 bits per heavy atom. The zero-order valence-corrected chi connectivity index (χ0v) is 17.0. The molecule has 0 spiro atoms. The third-order valence-corrected chi connectivity index (χ3v) is 5.68. The van der Waals surface area contributed by atoms with Crippen molar-refractivity contribution in [3.05, 3.63) is 21.4 Å². The summed E-state index contributed by atoms with van der Waals surface area (Å²) in [6.07, 6.45) is -2.96. The highest BCUT2D eigenvalue weighted by Gasteiger charge is 2.45. The second-order valence-electron chi connectivity index (χ2n) is 6.96. The van der Waals surface area contributed by atoms with Gasteiger partial charge < -0.3 is 35.5 Å². The molecule has 2 aliphatic heterocycles. The van der Waals surface area contributed by atoms with Crippen LogP contribution in [0.3, 0.4) is 0 Å². The van der Waals surface area contributed by atoms with Gasteiger partial charge in [-0.05, 0) is 15.9 Å². The number of aliphatic hydroxyl groups excluding tert-OH is 2. The highest BCUT2D eigenvalue weighted by Crippen LogP contribution is 2.33. The molecule has 1 amide bonds. The van der Waals surface area contributed by atoms with Crippen LogP contribution in [0.4, 0.5) is 0 Å². The van der Waals surface area contributed by atoms with E-state index in [9.17, 15) is 19.8 Å². The summed E-state index contributed by atoms with van der Waals surface area (Å²) in [6.45, 7) is 3.16. The number of aliphatic hydroxyl groups is 2. The van der Waals surface area contributed by atoms with E-state index in [1.165, 1.54) is 10.9 Å². The molecule has 0 unspecified atom stereocenters. The maximum absolute atomic E-state index is 12.2. The van der Waals surface area contributed by atoms with Gasteiger partial charge >= 0.3 is 0 Å². The first kappa shape index (κ1) is 20.4. The van der Waals surface area contributed by atoms with Crippen molar-refractivity contribution in [2.24, 2.45) is 0 Å². The molecular formula is C16H22BrN7O5. The number of nitrogens with one attached hydrogen (secondary N) is 3. The first-order valence-corrected chi connectivity index (χ1v) is 10.1. The van der Waals surface area contributed by atoms with E-state index in [2.05, 4.69) is 41.5 Å². The Bertz CT molecular complexity index is 943. The number of nitrogens with zero attached hydrogens (tertiary/aromatic N) is 4. The number of imidazole rings is 1. The molecule has 0 aliphatic carbocycles. The standard InChI is InChI=1S/C16H22BrN7O5/c17-16-22-10-13(20-7-21-14(10)28)24(16)15-12(27)11(26)8(29-15)5-19-6-9(25)23-3-1-18-2-4-23/h7-8,11-12,15,18-19,26-27H,1-6H2,(H,20,21,28)/t8-,11-,12-,15-/m1/s1. The van der Waals surface area contributed by atoms with Gasteiger partial charge in [-0.3, -0.25) is 14.2 Å². The molecule has 0 bridgehead atoms. The van der Waals surface area contributed by atoms with Gasteiger partial charge in [0.05, 0.1) is 12.9 Å². The van der Waals surface area contributed by atoms with E-state index in [4.69, 9.17) is 4.74 Å². The first-order valence-electron chi connectivity index (χ1n) is 9.29. The lowest BCUT2D eigenvalue weighted by Crippen LogP contribution is -2.50. The number of piperazine rings is 1. The lowest BCUT2D eigenvalue weighted by molar-refractivity contribution is -0.130. The number of aromatic nitrogens is 4. The van der Waals surface area contributed by atoms with Gasteiger partial charge in [0.1, 0.15) is 18.3 Å². The van der Waals surface area contributed by atoms with E-state index in [-0.39, 0.29) is 34.9 Å². The number of halogens is 1. The van der Waals surface area contributed by atoms with Crippen molar-refractivity contribution in [1.82, 2.24) is 35.1 Å². The lowest BCUT2D eigenvalue weighted by atomic mass is 10.1. The summed E-state index contributed by atoms with van der Waals surface area (Å²) in [4.78, 5) is 36.5. The van der Waals surface area contributed by atoms with Crippen molar-refractivity contribution in [2.75, 3.05) is 39.3 Å². The Balaban J connectivity index is 1.42. The number of ether oxygens (including phenoxy) is 1. The molecule has 2 fully saturated rings. The second-order valence-corrected chi connectivity index (χ2v) is 7.67. The van der Waals surface area contributed by atoms with Gasteiger partial charge in [-0.15, -0.1) is 0 Å². The molecule has 0 radical (unpaired) electrons. The maximum atomic E-state index is 12.2. The topological polar surface area (TPSA) is 158 Å². The number of carbonyl (C=O) groups excluding carboxylic acids is 1. The van der Waals surface area contributed by atoms with Crippen LogP contribution in [0.1, 0.15) is 6.23 Å².